The second-order valence-electron chi connectivity index (χ2n) is 10.8. The minimum absolute atomic E-state index is 0.238. The molecule has 1 aliphatic carbocycles. The number of carbonyl (C=O) groups excluding carboxylic acids is 1. The first kappa shape index (κ1) is 28.5. The van der Waals surface area contributed by atoms with Crippen LogP contribution >= 0.6 is 11.3 Å². The molecule has 2 aromatic carbocycles. The molecule has 2 heterocycles. The van der Waals surface area contributed by atoms with Crippen LogP contribution in [0.3, 0.4) is 0 Å². The van der Waals surface area contributed by atoms with E-state index < -0.39 is 11.9 Å². The van der Waals surface area contributed by atoms with Gasteiger partial charge in [-0.15, -0.1) is 11.3 Å². The average Bonchev–Trinajstić information content (AvgIpc) is 3.51. The molecule has 1 N–H and O–H groups in total. The van der Waals surface area contributed by atoms with E-state index in [1.54, 1.807) is 7.05 Å². The van der Waals surface area contributed by atoms with Crippen LogP contribution in [0.1, 0.15) is 44.1 Å². The standard InChI is InChI=1S/C33H36N4O3S/c1-36(26-13-7-4-8-14-26)30-18-17-24(21-34-30)27-15-9-10-16-28(27)29-22-41-33(35-29)37(2)32(40)25(20-31(38)39)19-23-11-5-3-6-12-23/h3,5-6,9-12,15-18,21-22,25-26H,4,7-8,13-14,19-20H2,1-2H3,(H,38,39)/t25-/m1/s1. The van der Waals surface area contributed by atoms with Crippen LogP contribution in [-0.4, -0.2) is 47.1 Å². The second kappa shape index (κ2) is 13.1. The maximum absolute atomic E-state index is 13.4. The fourth-order valence-electron chi connectivity index (χ4n) is 5.63. The number of hydrogen-bond acceptors (Lipinski definition) is 6. The maximum Gasteiger partial charge on any atom is 0.304 e. The zero-order valence-electron chi connectivity index (χ0n) is 23.6. The van der Waals surface area contributed by atoms with Gasteiger partial charge < -0.3 is 10.0 Å². The molecule has 2 aromatic heterocycles. The van der Waals surface area contributed by atoms with Gasteiger partial charge in [0, 0.05) is 42.8 Å². The molecule has 1 amide bonds. The van der Waals surface area contributed by atoms with Crippen molar-refractivity contribution < 1.29 is 14.7 Å². The number of thiazole rings is 1. The average molecular weight is 569 g/mol. The lowest BCUT2D eigenvalue weighted by Gasteiger charge is -2.32. The SMILES string of the molecule is CN(C(=O)[C@@H](CC(=O)O)Cc1ccccc1)c1nc(-c2ccccc2-c2ccc(N(C)C3CCCCC3)nc2)cs1. The number of carboxylic acids is 1. The number of carboxylic acid groups (broad SMARTS) is 1. The topological polar surface area (TPSA) is 86.6 Å². The fourth-order valence-corrected chi connectivity index (χ4v) is 6.43. The third-order valence-corrected chi connectivity index (χ3v) is 8.87. The van der Waals surface area contributed by atoms with Crippen molar-refractivity contribution >= 4 is 34.2 Å². The number of nitrogens with zero attached hydrogens (tertiary/aromatic N) is 4. The molecule has 5 rings (SSSR count). The number of anilines is 2. The highest BCUT2D eigenvalue weighted by atomic mass is 32.1. The Morgan fingerprint density at radius 3 is 2.34 bits per heavy atom. The Labute approximate surface area is 245 Å². The van der Waals surface area contributed by atoms with Gasteiger partial charge in [0.05, 0.1) is 18.0 Å². The molecule has 212 valence electrons. The summed E-state index contributed by atoms with van der Waals surface area (Å²) < 4.78 is 0. The molecule has 0 unspecified atom stereocenters. The largest absolute Gasteiger partial charge is 0.481 e. The molecule has 0 bridgehead atoms. The third kappa shape index (κ3) is 6.82. The van der Waals surface area contributed by atoms with E-state index in [1.807, 2.05) is 60.1 Å². The van der Waals surface area contributed by atoms with E-state index in [0.29, 0.717) is 17.6 Å². The van der Waals surface area contributed by atoms with E-state index in [9.17, 15) is 14.7 Å². The van der Waals surface area contributed by atoms with Gasteiger partial charge in [0.1, 0.15) is 5.82 Å². The van der Waals surface area contributed by atoms with Gasteiger partial charge in [-0.25, -0.2) is 9.97 Å². The fraction of sp³-hybridized carbons (Fsp3) is 0.333. The van der Waals surface area contributed by atoms with Gasteiger partial charge in [0.15, 0.2) is 5.13 Å². The molecule has 0 spiro atoms. The van der Waals surface area contributed by atoms with Crippen LogP contribution in [0.5, 0.6) is 0 Å². The number of hydrogen-bond donors (Lipinski definition) is 1. The smallest absolute Gasteiger partial charge is 0.304 e. The molecule has 1 fully saturated rings. The van der Waals surface area contributed by atoms with Crippen molar-refractivity contribution in [2.24, 2.45) is 5.92 Å². The van der Waals surface area contributed by atoms with Crippen LogP contribution in [0, 0.1) is 5.92 Å². The maximum atomic E-state index is 13.4. The minimum atomic E-state index is -0.994. The van der Waals surface area contributed by atoms with E-state index in [2.05, 4.69) is 30.1 Å². The molecule has 1 atom stereocenters. The highest BCUT2D eigenvalue weighted by Crippen LogP contribution is 2.35. The zero-order valence-corrected chi connectivity index (χ0v) is 24.4. The van der Waals surface area contributed by atoms with Crippen LogP contribution in [-0.2, 0) is 16.0 Å². The first-order valence-electron chi connectivity index (χ1n) is 14.2. The number of pyridine rings is 1. The molecule has 41 heavy (non-hydrogen) atoms. The Bertz CT molecular complexity index is 1470. The van der Waals surface area contributed by atoms with Gasteiger partial charge in [-0.05, 0) is 42.5 Å². The Kier molecular flexibility index (Phi) is 9.09. The van der Waals surface area contributed by atoms with Crippen molar-refractivity contribution in [3.63, 3.8) is 0 Å². The molecule has 7 nitrogen and oxygen atoms in total. The van der Waals surface area contributed by atoms with E-state index in [4.69, 9.17) is 9.97 Å². The third-order valence-electron chi connectivity index (χ3n) is 7.95. The number of rotatable bonds is 10. The summed E-state index contributed by atoms with van der Waals surface area (Å²) in [4.78, 5) is 38.4. The Hall–Kier alpha value is -4.04. The summed E-state index contributed by atoms with van der Waals surface area (Å²) in [7, 11) is 3.81. The van der Waals surface area contributed by atoms with Crippen LogP contribution in [0.2, 0.25) is 0 Å². The lowest BCUT2D eigenvalue weighted by atomic mass is 9.94. The molecule has 8 heteroatoms. The van der Waals surface area contributed by atoms with Gasteiger partial charge in [-0.2, -0.15) is 0 Å². The van der Waals surface area contributed by atoms with Crippen LogP contribution < -0.4 is 9.80 Å². The van der Waals surface area contributed by atoms with E-state index in [-0.39, 0.29) is 12.3 Å². The van der Waals surface area contributed by atoms with Crippen molar-refractivity contribution in [3.05, 3.63) is 83.9 Å². The summed E-state index contributed by atoms with van der Waals surface area (Å²) >= 11 is 1.37. The van der Waals surface area contributed by atoms with Crippen molar-refractivity contribution in [1.82, 2.24) is 9.97 Å². The van der Waals surface area contributed by atoms with Crippen LogP contribution in [0.4, 0.5) is 10.9 Å². The van der Waals surface area contributed by atoms with Gasteiger partial charge >= 0.3 is 5.97 Å². The van der Waals surface area contributed by atoms with Gasteiger partial charge in [-0.1, -0.05) is 73.9 Å². The number of aromatic nitrogens is 2. The number of benzene rings is 2. The highest BCUT2D eigenvalue weighted by molar-refractivity contribution is 7.14. The highest BCUT2D eigenvalue weighted by Gasteiger charge is 2.27. The zero-order chi connectivity index (χ0) is 28.8. The number of aliphatic carboxylic acids is 1. The lowest BCUT2D eigenvalue weighted by Crippen LogP contribution is -2.35. The molecule has 1 aliphatic rings. The van der Waals surface area contributed by atoms with Gasteiger partial charge in [-0.3, -0.25) is 14.5 Å². The quantitative estimate of drug-likeness (QED) is 0.223. The molecule has 0 aliphatic heterocycles. The van der Waals surface area contributed by atoms with E-state index in [1.165, 1.54) is 48.3 Å². The van der Waals surface area contributed by atoms with Gasteiger partial charge in [0.25, 0.3) is 0 Å². The predicted octanol–water partition coefficient (Wildman–Crippen LogP) is 6.94. The Morgan fingerprint density at radius 1 is 0.951 bits per heavy atom. The molecule has 4 aromatic rings. The first-order valence-corrected chi connectivity index (χ1v) is 15.1. The summed E-state index contributed by atoms with van der Waals surface area (Å²) in [6.07, 6.45) is 8.37. The second-order valence-corrected chi connectivity index (χ2v) is 11.6. The normalized spacial score (nSPS) is 14.4. The van der Waals surface area contributed by atoms with Gasteiger partial charge in [0.2, 0.25) is 5.91 Å². The van der Waals surface area contributed by atoms with Crippen molar-refractivity contribution in [3.8, 4) is 22.4 Å². The van der Waals surface area contributed by atoms with Crippen molar-refractivity contribution in [2.75, 3.05) is 23.9 Å². The predicted molar refractivity (Wildman–Crippen MR) is 165 cm³/mol. The molecule has 1 saturated carbocycles. The Morgan fingerprint density at radius 2 is 1.66 bits per heavy atom. The first-order chi connectivity index (χ1) is 19.9. The lowest BCUT2D eigenvalue weighted by molar-refractivity contribution is -0.140. The number of carbonyl (C=O) groups is 2. The summed E-state index contributed by atoms with van der Waals surface area (Å²) in [6.45, 7) is 0. The number of amides is 1. The Balaban J connectivity index is 1.35. The van der Waals surface area contributed by atoms with Crippen LogP contribution in [0.25, 0.3) is 22.4 Å². The summed E-state index contributed by atoms with van der Waals surface area (Å²) in [5, 5.41) is 12.0. The molecule has 0 radical (unpaired) electrons. The van der Waals surface area contributed by atoms with Crippen molar-refractivity contribution in [2.45, 2.75) is 51.0 Å². The van der Waals surface area contributed by atoms with E-state index in [0.717, 1.165) is 33.8 Å². The minimum Gasteiger partial charge on any atom is -0.481 e. The van der Waals surface area contributed by atoms with Crippen LogP contribution in [0.15, 0.2) is 78.3 Å². The molecule has 0 saturated heterocycles. The van der Waals surface area contributed by atoms with Crippen molar-refractivity contribution in [1.29, 1.82) is 0 Å². The van der Waals surface area contributed by atoms with E-state index >= 15 is 0 Å². The monoisotopic (exact) mass is 568 g/mol. The summed E-state index contributed by atoms with van der Waals surface area (Å²) in [5.41, 5.74) is 4.67. The summed E-state index contributed by atoms with van der Waals surface area (Å²) in [5.74, 6) is -0.949. The molecular weight excluding hydrogens is 532 g/mol. The molecular formula is C33H36N4O3S. The summed E-state index contributed by atoms with van der Waals surface area (Å²) in [6, 6.07) is 22.3.